The summed E-state index contributed by atoms with van der Waals surface area (Å²) in [5.74, 6) is 0.885. The normalized spacial score (nSPS) is 14.0. The topological polar surface area (TPSA) is 98.1 Å². The third-order valence-electron chi connectivity index (χ3n) is 6.62. The van der Waals surface area contributed by atoms with Gasteiger partial charge in [-0.3, -0.25) is 4.98 Å². The van der Waals surface area contributed by atoms with Gasteiger partial charge in [0.05, 0.1) is 11.3 Å². The van der Waals surface area contributed by atoms with Gasteiger partial charge in [0.2, 0.25) is 0 Å². The highest BCUT2D eigenvalue weighted by atomic mass is 16.6. The van der Waals surface area contributed by atoms with Crippen molar-refractivity contribution in [3.8, 4) is 28.5 Å². The molecular weight excluding hydrogens is 476 g/mol. The van der Waals surface area contributed by atoms with Gasteiger partial charge >= 0.3 is 6.09 Å². The van der Waals surface area contributed by atoms with E-state index in [4.69, 9.17) is 9.72 Å². The number of aryl methyl sites for hydroxylation is 2. The van der Waals surface area contributed by atoms with Crippen LogP contribution in [0.3, 0.4) is 0 Å². The molecule has 1 saturated heterocycles. The smallest absolute Gasteiger partial charge is 0.410 e. The summed E-state index contributed by atoms with van der Waals surface area (Å²) in [6.45, 7) is 12.2. The first kappa shape index (κ1) is 25.3. The number of nitrogens with one attached hydrogen (secondary N) is 1. The fraction of sp³-hybridized carbons (Fsp3) is 0.333. The van der Waals surface area contributed by atoms with E-state index in [2.05, 4.69) is 33.1 Å². The van der Waals surface area contributed by atoms with Crippen molar-refractivity contribution in [1.82, 2.24) is 19.9 Å². The number of fused-ring (bicyclic) bond motifs is 1. The molecule has 1 aliphatic heterocycles. The molecule has 1 N–H and O–H groups in total. The van der Waals surface area contributed by atoms with Gasteiger partial charge in [0.15, 0.2) is 0 Å². The number of hydrogen-bond donors (Lipinski definition) is 1. The second-order valence-electron chi connectivity index (χ2n) is 10.7. The number of nitrogens with zero attached hydrogens (tertiary/aromatic N) is 5. The minimum Gasteiger partial charge on any atom is -0.444 e. The van der Waals surface area contributed by atoms with Gasteiger partial charge in [-0.2, -0.15) is 5.26 Å². The predicted molar refractivity (Wildman–Crippen MR) is 149 cm³/mol. The molecule has 194 valence electrons. The van der Waals surface area contributed by atoms with Gasteiger partial charge in [-0.1, -0.05) is 12.1 Å². The van der Waals surface area contributed by atoms with Crippen molar-refractivity contribution in [3.63, 3.8) is 0 Å². The molecule has 5 rings (SSSR count). The van der Waals surface area contributed by atoms with E-state index in [0.29, 0.717) is 31.7 Å². The van der Waals surface area contributed by atoms with Crippen molar-refractivity contribution in [3.05, 3.63) is 65.6 Å². The molecule has 4 aromatic rings. The number of benzene rings is 1. The molecule has 38 heavy (non-hydrogen) atoms. The van der Waals surface area contributed by atoms with Crippen LogP contribution in [0.25, 0.3) is 33.3 Å². The van der Waals surface area contributed by atoms with Crippen LogP contribution >= 0.6 is 0 Å². The number of ether oxygens (including phenoxy) is 1. The van der Waals surface area contributed by atoms with Crippen molar-refractivity contribution >= 4 is 22.8 Å². The molecular formula is C30H32N6O2. The Morgan fingerprint density at radius 2 is 1.66 bits per heavy atom. The van der Waals surface area contributed by atoms with Crippen LogP contribution in [-0.4, -0.2) is 57.7 Å². The first-order chi connectivity index (χ1) is 18.1. The molecule has 1 aromatic carbocycles. The molecule has 3 aromatic heterocycles. The van der Waals surface area contributed by atoms with E-state index in [1.54, 1.807) is 4.90 Å². The number of rotatable bonds is 3. The predicted octanol–water partition coefficient (Wildman–Crippen LogP) is 5.84. The van der Waals surface area contributed by atoms with Crippen molar-refractivity contribution < 1.29 is 9.53 Å². The summed E-state index contributed by atoms with van der Waals surface area (Å²) in [4.78, 5) is 28.9. The quantitative estimate of drug-likeness (QED) is 0.373. The Kier molecular flexibility index (Phi) is 6.53. The Morgan fingerprint density at radius 1 is 0.974 bits per heavy atom. The number of nitriles is 1. The number of piperazine rings is 1. The first-order valence-electron chi connectivity index (χ1n) is 12.8. The lowest BCUT2D eigenvalue weighted by Crippen LogP contribution is -2.50. The zero-order valence-electron chi connectivity index (χ0n) is 22.5. The lowest BCUT2D eigenvalue weighted by atomic mass is 10.0. The van der Waals surface area contributed by atoms with Crippen LogP contribution in [0, 0.1) is 25.2 Å². The SMILES string of the molecule is Cc1cc(-c2[nH]c3cc(-c4ccc(N5CCN(C(=O)OC(C)(C)C)CC5)nc4)ccc3c2C#N)cc(C)n1. The molecule has 0 bridgehead atoms. The average molecular weight is 509 g/mol. The molecule has 1 aliphatic rings. The monoisotopic (exact) mass is 508 g/mol. The van der Waals surface area contributed by atoms with Crippen LogP contribution in [-0.2, 0) is 4.74 Å². The van der Waals surface area contributed by atoms with Crippen molar-refractivity contribution in [2.75, 3.05) is 31.1 Å². The summed E-state index contributed by atoms with van der Waals surface area (Å²) in [5, 5.41) is 10.8. The molecule has 1 amide bonds. The summed E-state index contributed by atoms with van der Waals surface area (Å²) in [6.07, 6.45) is 1.61. The van der Waals surface area contributed by atoms with Gasteiger partial charge in [0, 0.05) is 65.8 Å². The van der Waals surface area contributed by atoms with E-state index in [1.807, 2.05) is 71.1 Å². The maximum absolute atomic E-state index is 12.4. The van der Waals surface area contributed by atoms with Gasteiger partial charge < -0.3 is 19.5 Å². The number of aromatic amines is 1. The number of hydrogen-bond acceptors (Lipinski definition) is 6. The summed E-state index contributed by atoms with van der Waals surface area (Å²) < 4.78 is 5.49. The van der Waals surface area contributed by atoms with E-state index in [-0.39, 0.29) is 6.09 Å². The number of carbonyl (C=O) groups is 1. The largest absolute Gasteiger partial charge is 0.444 e. The standard InChI is InChI=1S/C30H32N6O2/c1-19-14-23(15-20(2)33-19)28-25(17-31)24-8-6-21(16-26(24)34-28)22-7-9-27(32-18-22)35-10-12-36(13-11-35)29(37)38-30(3,4)5/h6-9,14-16,18,34H,10-13H2,1-5H3. The van der Waals surface area contributed by atoms with Gasteiger partial charge in [-0.25, -0.2) is 9.78 Å². The summed E-state index contributed by atoms with van der Waals surface area (Å²) in [6, 6.07) is 16.5. The minimum absolute atomic E-state index is 0.267. The van der Waals surface area contributed by atoms with Gasteiger partial charge in [0.1, 0.15) is 17.5 Å². The highest BCUT2D eigenvalue weighted by molar-refractivity contribution is 5.95. The molecule has 1 fully saturated rings. The molecule has 0 spiro atoms. The summed E-state index contributed by atoms with van der Waals surface area (Å²) >= 11 is 0. The number of carbonyl (C=O) groups excluding carboxylic acids is 1. The van der Waals surface area contributed by atoms with E-state index in [9.17, 15) is 10.1 Å². The van der Waals surface area contributed by atoms with Crippen LogP contribution in [0.2, 0.25) is 0 Å². The maximum atomic E-state index is 12.4. The van der Waals surface area contributed by atoms with Crippen LogP contribution in [0.1, 0.15) is 37.7 Å². The second kappa shape index (κ2) is 9.82. The van der Waals surface area contributed by atoms with Gasteiger partial charge in [-0.15, -0.1) is 0 Å². The van der Waals surface area contributed by atoms with Gasteiger partial charge in [0.25, 0.3) is 0 Å². The van der Waals surface area contributed by atoms with E-state index in [1.165, 1.54) is 0 Å². The Balaban J connectivity index is 1.34. The maximum Gasteiger partial charge on any atom is 0.410 e. The third kappa shape index (κ3) is 5.18. The molecule has 0 unspecified atom stereocenters. The van der Waals surface area contributed by atoms with Gasteiger partial charge in [-0.05, 0) is 70.5 Å². The molecule has 8 nitrogen and oxygen atoms in total. The molecule has 8 heteroatoms. The fourth-order valence-electron chi connectivity index (χ4n) is 4.88. The van der Waals surface area contributed by atoms with Crippen molar-refractivity contribution in [2.45, 2.75) is 40.2 Å². The third-order valence-corrected chi connectivity index (χ3v) is 6.62. The zero-order chi connectivity index (χ0) is 27.0. The number of pyridine rings is 2. The molecule has 0 aliphatic carbocycles. The van der Waals surface area contributed by atoms with E-state index < -0.39 is 5.60 Å². The lowest BCUT2D eigenvalue weighted by Gasteiger charge is -2.36. The Labute approximate surface area is 222 Å². The van der Waals surface area contributed by atoms with E-state index >= 15 is 0 Å². The van der Waals surface area contributed by atoms with Crippen LogP contribution in [0.15, 0.2) is 48.7 Å². The summed E-state index contributed by atoms with van der Waals surface area (Å²) in [5.41, 5.74) is 6.66. The van der Waals surface area contributed by atoms with Crippen molar-refractivity contribution in [2.24, 2.45) is 0 Å². The van der Waals surface area contributed by atoms with Crippen molar-refractivity contribution in [1.29, 1.82) is 5.26 Å². The zero-order valence-corrected chi connectivity index (χ0v) is 22.5. The number of H-pyrrole nitrogens is 1. The Morgan fingerprint density at radius 3 is 2.26 bits per heavy atom. The highest BCUT2D eigenvalue weighted by Crippen LogP contribution is 2.33. The molecule has 4 heterocycles. The Hall–Kier alpha value is -4.38. The molecule has 0 atom stereocenters. The van der Waals surface area contributed by atoms with Crippen LogP contribution in [0.5, 0.6) is 0 Å². The minimum atomic E-state index is -0.496. The van der Waals surface area contributed by atoms with Crippen LogP contribution < -0.4 is 4.90 Å². The average Bonchev–Trinajstić information content (AvgIpc) is 3.25. The highest BCUT2D eigenvalue weighted by Gasteiger charge is 2.26. The molecule has 0 saturated carbocycles. The Bertz CT molecular complexity index is 1510. The fourth-order valence-corrected chi connectivity index (χ4v) is 4.88. The second-order valence-corrected chi connectivity index (χ2v) is 10.7. The lowest BCUT2D eigenvalue weighted by molar-refractivity contribution is 0.0240. The first-order valence-corrected chi connectivity index (χ1v) is 12.8. The molecule has 0 radical (unpaired) electrons. The number of aromatic nitrogens is 3. The number of amides is 1. The van der Waals surface area contributed by atoms with Crippen LogP contribution in [0.4, 0.5) is 10.6 Å². The summed E-state index contributed by atoms with van der Waals surface area (Å²) in [7, 11) is 0. The number of anilines is 1. The van der Waals surface area contributed by atoms with E-state index in [0.717, 1.165) is 50.5 Å².